The number of hydrogen-bond donors (Lipinski definition) is 7. The third kappa shape index (κ3) is 15.2. The van der Waals surface area contributed by atoms with Crippen molar-refractivity contribution < 1.29 is 48.4 Å². The summed E-state index contributed by atoms with van der Waals surface area (Å²) in [5.74, 6) is -2.16. The number of rotatable bonds is 19. The van der Waals surface area contributed by atoms with E-state index < -0.39 is 72.1 Å². The number of carbonyl (C=O) groups excluding carboxylic acids is 5. The van der Waals surface area contributed by atoms with E-state index in [4.69, 9.17) is 19.9 Å². The number of primary amides is 1. The number of carbonyl (C=O) groups is 5. The highest BCUT2D eigenvalue weighted by molar-refractivity contribution is 5.92. The van der Waals surface area contributed by atoms with Crippen LogP contribution in [0.25, 0.3) is 0 Å². The smallest absolute Gasteiger partial charge is 0.412 e. The van der Waals surface area contributed by atoms with Gasteiger partial charge in [0.05, 0.1) is 13.2 Å². The van der Waals surface area contributed by atoms with Crippen LogP contribution in [0.4, 0.5) is 10.5 Å². The lowest BCUT2D eigenvalue weighted by Gasteiger charge is -2.30. The summed E-state index contributed by atoms with van der Waals surface area (Å²) >= 11 is 0. The van der Waals surface area contributed by atoms with E-state index >= 15 is 0 Å². The van der Waals surface area contributed by atoms with Crippen molar-refractivity contribution in [3.63, 3.8) is 0 Å². The molecule has 0 spiro atoms. The van der Waals surface area contributed by atoms with Crippen LogP contribution in [0.2, 0.25) is 0 Å². The quantitative estimate of drug-likeness (QED) is 0.0912. The molecule has 0 aliphatic carbocycles. The minimum absolute atomic E-state index is 0. The van der Waals surface area contributed by atoms with E-state index in [9.17, 15) is 34.2 Å². The Labute approximate surface area is 329 Å². The minimum Gasteiger partial charge on any atom is -0.497 e. The van der Waals surface area contributed by atoms with Crippen molar-refractivity contribution in [3.05, 3.63) is 84.4 Å². The number of aliphatic hydroxyl groups excluding tert-OH is 2. The van der Waals surface area contributed by atoms with Crippen LogP contribution >= 0.6 is 0 Å². The highest BCUT2D eigenvalue weighted by atomic mass is 16.6. The molecule has 56 heavy (non-hydrogen) atoms. The summed E-state index contributed by atoms with van der Waals surface area (Å²) in [5.41, 5.74) is 6.38. The summed E-state index contributed by atoms with van der Waals surface area (Å²) < 4.78 is 16.5. The largest absolute Gasteiger partial charge is 0.497 e. The second-order valence-corrected chi connectivity index (χ2v) is 13.6. The molecule has 3 aromatic carbocycles. The van der Waals surface area contributed by atoms with Gasteiger partial charge in [0, 0.05) is 5.69 Å². The molecule has 15 heteroatoms. The predicted molar refractivity (Wildman–Crippen MR) is 214 cm³/mol. The topological polar surface area (TPSA) is 228 Å². The number of hydrogen-bond acceptors (Lipinski definition) is 10. The zero-order valence-corrected chi connectivity index (χ0v) is 31.3. The minimum atomic E-state index is -2.12. The number of para-hydroxylation sites is 1. The van der Waals surface area contributed by atoms with Gasteiger partial charge in [0.1, 0.15) is 35.4 Å². The fraction of sp³-hybridized carbons (Fsp3) is 0.439. The zero-order valence-electron chi connectivity index (χ0n) is 31.3. The summed E-state index contributed by atoms with van der Waals surface area (Å²) in [7, 11) is 1.49. The van der Waals surface area contributed by atoms with Gasteiger partial charge in [0.15, 0.2) is 12.2 Å². The van der Waals surface area contributed by atoms with E-state index in [0.717, 1.165) is 0 Å². The normalized spacial score (nSPS) is 13.9. The van der Waals surface area contributed by atoms with E-state index in [1.807, 2.05) is 32.0 Å². The molecule has 0 saturated carbocycles. The van der Waals surface area contributed by atoms with Crippen LogP contribution in [0, 0.1) is 11.8 Å². The second kappa shape index (κ2) is 23.3. The van der Waals surface area contributed by atoms with Gasteiger partial charge in [0.2, 0.25) is 11.8 Å². The number of nitrogens with one attached hydrogen (secondary N) is 4. The Morgan fingerprint density at radius 3 is 1.82 bits per heavy atom. The van der Waals surface area contributed by atoms with Crippen molar-refractivity contribution >= 4 is 35.4 Å². The first-order valence-corrected chi connectivity index (χ1v) is 17.6. The van der Waals surface area contributed by atoms with Gasteiger partial charge in [-0.25, -0.2) is 4.79 Å². The van der Waals surface area contributed by atoms with Gasteiger partial charge >= 0.3 is 6.09 Å². The highest BCUT2D eigenvalue weighted by Crippen LogP contribution is 2.23. The summed E-state index contributed by atoms with van der Waals surface area (Å²) in [6, 6.07) is 18.8. The van der Waals surface area contributed by atoms with Crippen molar-refractivity contribution in [2.24, 2.45) is 17.6 Å². The number of amides is 5. The molecule has 5 amide bonds. The van der Waals surface area contributed by atoms with Gasteiger partial charge in [-0.1, -0.05) is 72.9 Å². The molecule has 308 valence electrons. The summed E-state index contributed by atoms with van der Waals surface area (Å²) in [5, 5.41) is 32.3. The number of nitrogens with two attached hydrogens (primary N) is 1. The van der Waals surface area contributed by atoms with Gasteiger partial charge in [-0.05, 0) is 85.7 Å². The van der Waals surface area contributed by atoms with Crippen LogP contribution in [-0.4, -0.2) is 83.5 Å². The van der Waals surface area contributed by atoms with Crippen molar-refractivity contribution in [2.45, 2.75) is 98.8 Å². The Balaban J connectivity index is 0.00000784. The molecule has 0 aliphatic rings. The monoisotopic (exact) mass is 781 g/mol. The Bertz CT molecular complexity index is 1690. The second-order valence-electron chi connectivity index (χ2n) is 13.6. The van der Waals surface area contributed by atoms with Crippen molar-refractivity contribution in [2.75, 3.05) is 12.4 Å². The van der Waals surface area contributed by atoms with Gasteiger partial charge in [-0.2, -0.15) is 0 Å². The maximum absolute atomic E-state index is 13.7. The van der Waals surface area contributed by atoms with Crippen LogP contribution in [-0.2, 0) is 30.3 Å². The van der Waals surface area contributed by atoms with Gasteiger partial charge in [-0.15, -0.1) is 0 Å². The van der Waals surface area contributed by atoms with E-state index in [1.165, 1.54) is 14.0 Å². The lowest BCUT2D eigenvalue weighted by molar-refractivity contribution is -0.142. The number of benzene rings is 3. The third-order valence-corrected chi connectivity index (χ3v) is 8.24. The van der Waals surface area contributed by atoms with Crippen LogP contribution in [0.3, 0.4) is 0 Å². The highest BCUT2D eigenvalue weighted by Gasteiger charge is 2.37. The molecule has 0 aliphatic heterocycles. The lowest BCUT2D eigenvalue weighted by atomic mass is 9.96. The van der Waals surface area contributed by atoms with E-state index in [1.54, 1.807) is 74.5 Å². The molecule has 6 atom stereocenters. The van der Waals surface area contributed by atoms with Crippen molar-refractivity contribution in [1.82, 2.24) is 16.0 Å². The fourth-order valence-corrected chi connectivity index (χ4v) is 5.28. The van der Waals surface area contributed by atoms with E-state index in [0.29, 0.717) is 28.5 Å². The Kier molecular flexibility index (Phi) is 20.1. The predicted octanol–water partition coefficient (Wildman–Crippen LogP) is 4.30. The first kappa shape index (κ1) is 48.3. The molecule has 0 bridgehead atoms. The van der Waals surface area contributed by atoms with Crippen LogP contribution in [0.15, 0.2) is 78.9 Å². The number of aliphatic hydroxyl groups is 2. The lowest BCUT2D eigenvalue weighted by Crippen LogP contribution is -2.58. The molecule has 0 aromatic heterocycles. The molecule has 0 saturated heterocycles. The van der Waals surface area contributed by atoms with Crippen LogP contribution in [0.1, 0.15) is 61.5 Å². The number of ether oxygens (including phenoxy) is 3. The van der Waals surface area contributed by atoms with Crippen LogP contribution in [0.5, 0.6) is 17.2 Å². The number of anilines is 1. The third-order valence-electron chi connectivity index (χ3n) is 8.24. The van der Waals surface area contributed by atoms with Gasteiger partial charge in [-0.3, -0.25) is 24.5 Å². The molecule has 6 unspecified atom stereocenters. The van der Waals surface area contributed by atoms with E-state index in [2.05, 4.69) is 21.3 Å². The average molecular weight is 782 g/mol. The van der Waals surface area contributed by atoms with Crippen molar-refractivity contribution in [3.8, 4) is 17.2 Å². The summed E-state index contributed by atoms with van der Waals surface area (Å²) in [6.07, 6.45) is -6.09. The standard InChI is InChI=1S/C39H51N5O10.2CH4/c1-22(2)20-31(35(40)47)44-36(48)24(5)41-37(49)33(46)32(45)30(21-25-12-16-27(52-6)17-13-25)43-38(50)34(23(3)4)54-39(51)42-26-14-18-29(19-15-26)53-28-10-8-7-9-11-28;;/h7-19,22-24,30-34,45-46H,20-21H2,1-6H3,(H2,40,47)(H,41,49)(H,42,51)(H,43,50)(H,44,48);2*1H4. The van der Waals surface area contributed by atoms with E-state index in [-0.39, 0.29) is 33.6 Å². The Morgan fingerprint density at radius 1 is 0.714 bits per heavy atom. The zero-order chi connectivity index (χ0) is 39.9. The molecule has 3 aromatic rings. The molecule has 0 fully saturated rings. The fourth-order valence-electron chi connectivity index (χ4n) is 5.28. The maximum atomic E-state index is 13.7. The summed E-state index contributed by atoms with van der Waals surface area (Å²) in [4.78, 5) is 64.3. The van der Waals surface area contributed by atoms with Crippen LogP contribution < -0.4 is 36.5 Å². The Hall–Kier alpha value is -5.67. The number of methoxy groups -OCH3 is 1. The molecule has 0 radical (unpaired) electrons. The first-order chi connectivity index (χ1) is 25.6. The first-order valence-electron chi connectivity index (χ1n) is 17.6. The Morgan fingerprint density at radius 2 is 1.29 bits per heavy atom. The van der Waals surface area contributed by atoms with Gasteiger partial charge in [0.25, 0.3) is 11.8 Å². The van der Waals surface area contributed by atoms with Crippen molar-refractivity contribution in [1.29, 1.82) is 0 Å². The average Bonchev–Trinajstić information content (AvgIpc) is 3.13. The molecule has 15 nitrogen and oxygen atoms in total. The summed E-state index contributed by atoms with van der Waals surface area (Å²) in [6.45, 7) is 8.33. The molecule has 8 N–H and O–H groups in total. The molecule has 3 rings (SSSR count). The van der Waals surface area contributed by atoms with Gasteiger partial charge < -0.3 is 46.1 Å². The SMILES string of the molecule is C.C.COc1ccc(CC(NC(=O)C(OC(=O)Nc2ccc(Oc3ccccc3)cc2)C(C)C)C(O)C(O)C(=O)NC(C)C(=O)NC(CC(C)C)C(N)=O)cc1. The molecular formula is C41H59N5O10. The maximum Gasteiger partial charge on any atom is 0.412 e. The molecular weight excluding hydrogens is 722 g/mol. The molecule has 0 heterocycles.